The van der Waals surface area contributed by atoms with Gasteiger partial charge in [0.05, 0.1) is 12.7 Å². The molecule has 1 aromatic carbocycles. The van der Waals surface area contributed by atoms with E-state index in [1.165, 1.54) is 6.07 Å². The van der Waals surface area contributed by atoms with Gasteiger partial charge in [0.15, 0.2) is 0 Å². The van der Waals surface area contributed by atoms with Crippen molar-refractivity contribution < 1.29 is 14.6 Å². The first kappa shape index (κ1) is 13.1. The van der Waals surface area contributed by atoms with E-state index in [0.29, 0.717) is 25.2 Å². The lowest BCUT2D eigenvalue weighted by Gasteiger charge is -2.22. The zero-order valence-electron chi connectivity index (χ0n) is 9.43. The Balaban J connectivity index is 2.60. The number of nitrogens with zero attached hydrogens (tertiary/aromatic N) is 1. The number of aliphatic hydroxyl groups excluding tert-OH is 2. The van der Waals surface area contributed by atoms with E-state index in [9.17, 15) is 9.50 Å². The summed E-state index contributed by atoms with van der Waals surface area (Å²) >= 11 is 0. The molecule has 2 N–H and O–H groups in total. The molecule has 0 unspecified atom stereocenters. The van der Waals surface area contributed by atoms with E-state index in [4.69, 9.17) is 5.11 Å². The number of benzene rings is 1. The molecule has 3 nitrogen and oxygen atoms in total. The van der Waals surface area contributed by atoms with Crippen LogP contribution in [0.1, 0.15) is 12.5 Å². The van der Waals surface area contributed by atoms with Crippen LogP contribution < -0.4 is 0 Å². The standard InChI is InChI=1S/C12H18FNO2/c1-2-14(8-11(16)9-15)7-10-5-3-4-6-12(10)13/h3-6,11,15-16H,2,7-9H2,1H3/t11-/m0/s1. The first-order chi connectivity index (χ1) is 7.67. The van der Waals surface area contributed by atoms with Crippen molar-refractivity contribution >= 4 is 0 Å². The highest BCUT2D eigenvalue weighted by Gasteiger charge is 2.11. The third-order valence-corrected chi connectivity index (χ3v) is 2.48. The maximum atomic E-state index is 13.4. The van der Waals surface area contributed by atoms with Gasteiger partial charge >= 0.3 is 0 Å². The van der Waals surface area contributed by atoms with Gasteiger partial charge in [0.2, 0.25) is 0 Å². The summed E-state index contributed by atoms with van der Waals surface area (Å²) in [5, 5.41) is 18.1. The molecule has 0 amide bonds. The molecule has 0 aliphatic heterocycles. The molecule has 16 heavy (non-hydrogen) atoms. The summed E-state index contributed by atoms with van der Waals surface area (Å²) < 4.78 is 13.4. The van der Waals surface area contributed by atoms with Crippen LogP contribution in [-0.4, -0.2) is 40.9 Å². The van der Waals surface area contributed by atoms with Gasteiger partial charge in [-0.3, -0.25) is 4.90 Å². The lowest BCUT2D eigenvalue weighted by Crippen LogP contribution is -2.34. The van der Waals surface area contributed by atoms with Gasteiger partial charge in [-0.2, -0.15) is 0 Å². The van der Waals surface area contributed by atoms with Gasteiger partial charge in [-0.1, -0.05) is 25.1 Å². The predicted octanol–water partition coefficient (Wildman–Crippen LogP) is 1.00. The minimum atomic E-state index is -0.772. The fourth-order valence-corrected chi connectivity index (χ4v) is 1.53. The van der Waals surface area contributed by atoms with Crippen molar-refractivity contribution in [2.24, 2.45) is 0 Å². The van der Waals surface area contributed by atoms with Crippen molar-refractivity contribution in [2.75, 3.05) is 19.7 Å². The van der Waals surface area contributed by atoms with Gasteiger partial charge in [-0.25, -0.2) is 4.39 Å². The largest absolute Gasteiger partial charge is 0.394 e. The summed E-state index contributed by atoms with van der Waals surface area (Å²) in [7, 11) is 0. The number of halogens is 1. The van der Waals surface area contributed by atoms with Crippen LogP contribution in [0.15, 0.2) is 24.3 Å². The second-order valence-corrected chi connectivity index (χ2v) is 3.76. The Bertz CT molecular complexity index is 320. The number of aliphatic hydroxyl groups is 2. The van der Waals surface area contributed by atoms with Crippen molar-refractivity contribution in [3.05, 3.63) is 35.6 Å². The maximum absolute atomic E-state index is 13.4. The lowest BCUT2D eigenvalue weighted by atomic mass is 10.2. The predicted molar refractivity (Wildman–Crippen MR) is 60.4 cm³/mol. The molecule has 0 saturated heterocycles. The normalized spacial score (nSPS) is 13.1. The first-order valence-corrected chi connectivity index (χ1v) is 5.42. The summed E-state index contributed by atoms with van der Waals surface area (Å²) in [6, 6.07) is 6.58. The number of hydrogen-bond donors (Lipinski definition) is 2. The molecule has 0 radical (unpaired) electrons. The Morgan fingerprint density at radius 1 is 1.38 bits per heavy atom. The van der Waals surface area contributed by atoms with Crippen molar-refractivity contribution in [1.29, 1.82) is 0 Å². The summed E-state index contributed by atoms with van der Waals surface area (Å²) in [6.07, 6.45) is -0.772. The Hall–Kier alpha value is -0.970. The van der Waals surface area contributed by atoms with Gasteiger partial charge in [-0.05, 0) is 12.6 Å². The SMILES string of the molecule is CCN(Cc1ccccc1F)C[C@H](O)CO. The van der Waals surface area contributed by atoms with Crippen LogP contribution in [0.4, 0.5) is 4.39 Å². The van der Waals surface area contributed by atoms with Crippen LogP contribution in [0.2, 0.25) is 0 Å². The molecule has 0 spiro atoms. The lowest BCUT2D eigenvalue weighted by molar-refractivity contribution is 0.0581. The Labute approximate surface area is 95.1 Å². The number of hydrogen-bond acceptors (Lipinski definition) is 3. The third kappa shape index (κ3) is 3.89. The molecule has 0 aliphatic rings. The van der Waals surface area contributed by atoms with E-state index in [2.05, 4.69) is 0 Å². The van der Waals surface area contributed by atoms with Gasteiger partial charge < -0.3 is 10.2 Å². The fraction of sp³-hybridized carbons (Fsp3) is 0.500. The monoisotopic (exact) mass is 227 g/mol. The smallest absolute Gasteiger partial charge is 0.127 e. The average molecular weight is 227 g/mol. The maximum Gasteiger partial charge on any atom is 0.127 e. The summed E-state index contributed by atoms with van der Waals surface area (Å²) in [6.45, 7) is 3.16. The molecule has 0 fully saturated rings. The fourth-order valence-electron chi connectivity index (χ4n) is 1.53. The minimum absolute atomic E-state index is 0.237. The molecule has 4 heteroatoms. The molecule has 1 aromatic rings. The van der Waals surface area contributed by atoms with Crippen LogP contribution in [0.25, 0.3) is 0 Å². The molecule has 1 atom stereocenters. The van der Waals surface area contributed by atoms with Gasteiger partial charge in [0, 0.05) is 18.7 Å². The molecular formula is C12H18FNO2. The summed E-state index contributed by atoms with van der Waals surface area (Å²) in [5.74, 6) is -0.237. The molecule has 1 rings (SSSR count). The van der Waals surface area contributed by atoms with Crippen molar-refractivity contribution in [3.8, 4) is 0 Å². The minimum Gasteiger partial charge on any atom is -0.394 e. The highest BCUT2D eigenvalue weighted by atomic mass is 19.1. The van der Waals surface area contributed by atoms with Gasteiger partial charge in [0.25, 0.3) is 0 Å². The molecule has 0 saturated carbocycles. The Kier molecular flexibility index (Phi) is 5.38. The van der Waals surface area contributed by atoms with Crippen molar-refractivity contribution in [1.82, 2.24) is 4.90 Å². The Morgan fingerprint density at radius 3 is 2.62 bits per heavy atom. The van der Waals surface area contributed by atoms with Crippen molar-refractivity contribution in [3.63, 3.8) is 0 Å². The van der Waals surface area contributed by atoms with Crippen LogP contribution >= 0.6 is 0 Å². The van der Waals surface area contributed by atoms with Crippen LogP contribution in [0.3, 0.4) is 0 Å². The topological polar surface area (TPSA) is 43.7 Å². The van der Waals surface area contributed by atoms with E-state index in [1.807, 2.05) is 11.8 Å². The molecule has 0 heterocycles. The summed E-state index contributed by atoms with van der Waals surface area (Å²) in [4.78, 5) is 1.89. The van der Waals surface area contributed by atoms with Gasteiger partial charge in [-0.15, -0.1) is 0 Å². The van der Waals surface area contributed by atoms with Gasteiger partial charge in [0.1, 0.15) is 5.82 Å². The summed E-state index contributed by atoms with van der Waals surface area (Å²) in [5.41, 5.74) is 0.606. The second kappa shape index (κ2) is 6.58. The number of likely N-dealkylation sites (N-methyl/N-ethyl adjacent to an activating group) is 1. The van der Waals surface area contributed by atoms with E-state index in [1.54, 1.807) is 18.2 Å². The molecule has 0 aliphatic carbocycles. The zero-order chi connectivity index (χ0) is 12.0. The first-order valence-electron chi connectivity index (χ1n) is 5.42. The van der Waals surface area contributed by atoms with Crippen LogP contribution in [0.5, 0.6) is 0 Å². The average Bonchev–Trinajstić information content (AvgIpc) is 2.30. The van der Waals surface area contributed by atoms with E-state index >= 15 is 0 Å². The van der Waals surface area contributed by atoms with E-state index < -0.39 is 6.10 Å². The number of rotatable bonds is 6. The highest BCUT2D eigenvalue weighted by Crippen LogP contribution is 2.09. The van der Waals surface area contributed by atoms with Crippen LogP contribution in [-0.2, 0) is 6.54 Å². The van der Waals surface area contributed by atoms with E-state index in [-0.39, 0.29) is 12.4 Å². The quantitative estimate of drug-likeness (QED) is 0.762. The van der Waals surface area contributed by atoms with E-state index in [0.717, 1.165) is 0 Å². The third-order valence-electron chi connectivity index (χ3n) is 2.48. The second-order valence-electron chi connectivity index (χ2n) is 3.76. The van der Waals surface area contributed by atoms with Crippen LogP contribution in [0, 0.1) is 5.82 Å². The van der Waals surface area contributed by atoms with Crippen molar-refractivity contribution in [2.45, 2.75) is 19.6 Å². The Morgan fingerprint density at radius 2 is 2.06 bits per heavy atom. The molecular weight excluding hydrogens is 209 g/mol. The highest BCUT2D eigenvalue weighted by molar-refractivity contribution is 5.17. The molecule has 0 aromatic heterocycles. The zero-order valence-corrected chi connectivity index (χ0v) is 9.43. The molecule has 90 valence electrons. The molecule has 0 bridgehead atoms.